The lowest BCUT2D eigenvalue weighted by atomic mass is 9.72. The van der Waals surface area contributed by atoms with Crippen LogP contribution in [0.25, 0.3) is 11.4 Å². The number of fused-ring (bicyclic) bond motifs is 1. The van der Waals surface area contributed by atoms with Crippen LogP contribution in [0.4, 0.5) is 22.7 Å². The summed E-state index contributed by atoms with van der Waals surface area (Å²) in [5.74, 6) is 1.13. The van der Waals surface area contributed by atoms with Crippen LogP contribution >= 0.6 is 0 Å². The molecule has 0 radical (unpaired) electrons. The molecule has 17 nitrogen and oxygen atoms in total. The van der Waals surface area contributed by atoms with Crippen molar-refractivity contribution in [3.8, 4) is 22.9 Å². The number of nitrogens with zero attached hydrogens (tertiary/aromatic N) is 6. The summed E-state index contributed by atoms with van der Waals surface area (Å²) in [7, 11) is -12.1. The number of nitrogens with one attached hydrogen (secondary N) is 3. The molecule has 1 aliphatic rings. The molecule has 0 aliphatic carbocycles. The monoisotopic (exact) mass is 1190 g/mol. The van der Waals surface area contributed by atoms with Gasteiger partial charge in [0, 0.05) is 42.0 Å². The molecule has 20 heteroatoms. The fraction of sp³-hybridized carbons (Fsp3) is 0.548. The van der Waals surface area contributed by atoms with E-state index in [9.17, 15) is 25.3 Å². The molecule has 3 N–H and O–H groups in total. The van der Waals surface area contributed by atoms with Crippen molar-refractivity contribution in [1.82, 2.24) is 19.6 Å². The molecular formula is C62H91N9O8S3. The molecule has 0 saturated carbocycles. The first-order chi connectivity index (χ1) is 38.5. The average molecular weight is 1190 g/mol. The summed E-state index contributed by atoms with van der Waals surface area (Å²) in [5, 5.41) is 9.60. The van der Waals surface area contributed by atoms with E-state index >= 15 is 0 Å². The highest BCUT2D eigenvalue weighted by Gasteiger charge is 2.36. The van der Waals surface area contributed by atoms with Crippen LogP contribution in [-0.4, -0.2) is 90.7 Å². The first-order valence-electron chi connectivity index (χ1n) is 29.2. The Hall–Kier alpha value is -5.83. The van der Waals surface area contributed by atoms with Gasteiger partial charge in [0.05, 0.1) is 36.6 Å². The summed E-state index contributed by atoms with van der Waals surface area (Å²) >= 11 is 0. The zero-order valence-electron chi connectivity index (χ0n) is 50.9. The molecule has 0 bridgehead atoms. The van der Waals surface area contributed by atoms with Crippen LogP contribution in [-0.2, 0) is 35.5 Å². The van der Waals surface area contributed by atoms with E-state index in [1.165, 1.54) is 29.4 Å². The number of likely N-dealkylation sites (N-methyl/N-ethyl adjacent to an activating group) is 1. The SMILES string of the molecule is CCCCCCCCOc1ccc(NS(=O)(=O)c2cc(C(C)(C)CC(C)(C)C)ccc2OCCCCCCCC)cc1S(=O)(=O)Nc1ccc(-c2nc3n(n2)N=C(C(C)(C)C)C3=Nc2ccc(N(CC)CCNS(C)(=O)=O)cc2C)cc1. The van der Waals surface area contributed by atoms with Crippen molar-refractivity contribution in [1.29, 1.82) is 0 Å². The van der Waals surface area contributed by atoms with E-state index in [2.05, 4.69) is 67.5 Å². The average Bonchev–Trinajstić information content (AvgIpc) is 4.09. The predicted octanol–water partition coefficient (Wildman–Crippen LogP) is 13.8. The first-order valence-corrected chi connectivity index (χ1v) is 34.1. The number of aryl methyl sites for hydroxylation is 1. The predicted molar refractivity (Wildman–Crippen MR) is 335 cm³/mol. The Morgan fingerprint density at radius 1 is 0.646 bits per heavy atom. The minimum Gasteiger partial charge on any atom is -0.492 e. The largest absolute Gasteiger partial charge is 0.492 e. The number of ether oxygens (including phenoxy) is 2. The van der Waals surface area contributed by atoms with Gasteiger partial charge in [-0.15, -0.1) is 9.89 Å². The summed E-state index contributed by atoms with van der Waals surface area (Å²) in [6, 6.07) is 22.3. The molecule has 0 saturated heterocycles. The molecule has 82 heavy (non-hydrogen) atoms. The van der Waals surface area contributed by atoms with Crippen LogP contribution < -0.4 is 28.5 Å². The van der Waals surface area contributed by atoms with Crippen LogP contribution in [0.3, 0.4) is 0 Å². The number of rotatable bonds is 32. The maximum atomic E-state index is 14.7. The number of benzene rings is 4. The number of sulfonamides is 3. The van der Waals surface area contributed by atoms with Crippen molar-refractivity contribution in [2.45, 2.75) is 182 Å². The Morgan fingerprint density at radius 3 is 1.74 bits per heavy atom. The minimum absolute atomic E-state index is 0.0217. The summed E-state index contributed by atoms with van der Waals surface area (Å²) in [6.45, 7) is 27.3. The second kappa shape index (κ2) is 28.2. The van der Waals surface area contributed by atoms with Gasteiger partial charge in [0.2, 0.25) is 15.8 Å². The molecule has 0 atom stereocenters. The number of hydrogen-bond donors (Lipinski definition) is 3. The molecule has 4 aromatic carbocycles. The van der Waals surface area contributed by atoms with E-state index in [1.54, 1.807) is 36.4 Å². The Morgan fingerprint density at radius 2 is 1.20 bits per heavy atom. The molecule has 0 spiro atoms. The highest BCUT2D eigenvalue weighted by Crippen LogP contribution is 2.40. The van der Waals surface area contributed by atoms with Crippen LogP contribution in [0.1, 0.15) is 177 Å². The highest BCUT2D eigenvalue weighted by molar-refractivity contribution is 7.93. The van der Waals surface area contributed by atoms with Crippen molar-refractivity contribution in [2.24, 2.45) is 20.9 Å². The van der Waals surface area contributed by atoms with Gasteiger partial charge in [0.15, 0.2) is 5.82 Å². The summed E-state index contributed by atoms with van der Waals surface area (Å²) in [5.41, 5.74) is 4.74. The van der Waals surface area contributed by atoms with E-state index in [4.69, 9.17) is 29.7 Å². The normalized spacial score (nSPS) is 13.8. The molecule has 2 heterocycles. The minimum atomic E-state index is -4.40. The van der Waals surface area contributed by atoms with Gasteiger partial charge in [-0.05, 0) is 128 Å². The van der Waals surface area contributed by atoms with Crippen molar-refractivity contribution in [3.63, 3.8) is 0 Å². The molecule has 450 valence electrons. The third-order valence-corrected chi connectivity index (χ3v) is 17.7. The van der Waals surface area contributed by atoms with Crippen molar-refractivity contribution in [3.05, 3.63) is 95.8 Å². The Kier molecular flexibility index (Phi) is 22.4. The standard InChI is InChI=1S/C62H91N9O8S3/c1-14-17-19-21-23-25-39-78-52-35-29-47(62(11,12)44-60(5,6)7)42-54(52)81(74,75)69-49-32-36-53(79-40-26-24-22-20-18-15-2)55(43-49)82(76,77)68-48-30-27-46(28-31-48)58-65-59-56(57(61(8,9)10)66-71(59)67-58)64-51-34-33-50(41-45(51)4)70(16-3)38-37-63-80(13,72)73/h27-36,41-43,63,68-69H,14-26,37-40,44H2,1-13H3. The Labute approximate surface area is 490 Å². The van der Waals surface area contributed by atoms with Gasteiger partial charge in [-0.25, -0.2) is 40.0 Å². The highest BCUT2D eigenvalue weighted by atomic mass is 32.2. The van der Waals surface area contributed by atoms with Gasteiger partial charge in [0.25, 0.3) is 20.0 Å². The van der Waals surface area contributed by atoms with Crippen molar-refractivity contribution >= 4 is 64.2 Å². The summed E-state index contributed by atoms with van der Waals surface area (Å²) in [6.07, 6.45) is 14.3. The number of unbranched alkanes of at least 4 members (excludes halogenated alkanes) is 10. The van der Waals surface area contributed by atoms with E-state index in [0.717, 1.165) is 100 Å². The summed E-state index contributed by atoms with van der Waals surface area (Å²) < 4.78 is 102. The zero-order valence-corrected chi connectivity index (χ0v) is 53.4. The van der Waals surface area contributed by atoms with Crippen molar-refractivity contribution in [2.75, 3.05) is 53.4 Å². The first kappa shape index (κ1) is 65.3. The Bertz CT molecular complexity index is 3360. The van der Waals surface area contributed by atoms with Gasteiger partial charge in [-0.1, -0.05) is 140 Å². The van der Waals surface area contributed by atoms with E-state index in [-0.39, 0.29) is 56.6 Å². The maximum Gasteiger partial charge on any atom is 0.265 e. The molecule has 6 rings (SSSR count). The van der Waals surface area contributed by atoms with Crippen LogP contribution in [0.5, 0.6) is 11.5 Å². The molecule has 0 amide bonds. The van der Waals surface area contributed by atoms with E-state index < -0.39 is 35.5 Å². The third-order valence-electron chi connectivity index (χ3n) is 14.2. The molecule has 0 fully saturated rings. The van der Waals surface area contributed by atoms with E-state index in [0.29, 0.717) is 54.0 Å². The number of aromatic nitrogens is 3. The number of aliphatic imine (C=N–C) groups is 1. The molecular weight excluding hydrogens is 1090 g/mol. The van der Waals surface area contributed by atoms with Gasteiger partial charge < -0.3 is 14.4 Å². The second-order valence-corrected chi connectivity index (χ2v) is 29.6. The van der Waals surface area contributed by atoms with Gasteiger partial charge in [-0.3, -0.25) is 9.44 Å². The third kappa shape index (κ3) is 18.6. The van der Waals surface area contributed by atoms with Crippen LogP contribution in [0.15, 0.2) is 98.7 Å². The maximum absolute atomic E-state index is 14.7. The smallest absolute Gasteiger partial charge is 0.265 e. The lowest BCUT2D eigenvalue weighted by molar-refractivity contribution is 0.281. The fourth-order valence-corrected chi connectivity index (χ4v) is 13.2. The van der Waals surface area contributed by atoms with Crippen molar-refractivity contribution < 1.29 is 34.7 Å². The van der Waals surface area contributed by atoms with Gasteiger partial charge >= 0.3 is 0 Å². The zero-order chi connectivity index (χ0) is 60.1. The van der Waals surface area contributed by atoms with Crippen LogP contribution in [0.2, 0.25) is 0 Å². The lowest BCUT2D eigenvalue weighted by Gasteiger charge is -2.33. The molecule has 5 aromatic rings. The molecule has 1 aliphatic heterocycles. The molecule has 0 unspecified atom stereocenters. The molecule has 1 aromatic heterocycles. The van der Waals surface area contributed by atoms with Gasteiger partial charge in [0.1, 0.15) is 27.0 Å². The summed E-state index contributed by atoms with van der Waals surface area (Å²) in [4.78, 5) is 13.3. The fourth-order valence-electron chi connectivity index (χ4n) is 10.2. The lowest BCUT2D eigenvalue weighted by Crippen LogP contribution is -2.34. The topological polar surface area (TPSA) is 216 Å². The van der Waals surface area contributed by atoms with Crippen LogP contribution in [0, 0.1) is 17.8 Å². The van der Waals surface area contributed by atoms with E-state index in [1.807, 2.05) is 58.9 Å². The number of hydrogen-bond acceptors (Lipinski definition) is 13. The van der Waals surface area contributed by atoms with Gasteiger partial charge in [-0.2, -0.15) is 5.10 Å². The second-order valence-electron chi connectivity index (χ2n) is 24.5. The number of anilines is 3. The Balaban J connectivity index is 1.27. The quantitative estimate of drug-likeness (QED) is 0.0344.